The van der Waals surface area contributed by atoms with Gasteiger partial charge in [-0.15, -0.1) is 0 Å². The van der Waals surface area contributed by atoms with E-state index in [1.807, 2.05) is 51.6 Å². The largest absolute Gasteiger partial charge is 0.459 e. The first kappa shape index (κ1) is 16.0. The van der Waals surface area contributed by atoms with Crippen molar-refractivity contribution in [1.29, 1.82) is 0 Å². The van der Waals surface area contributed by atoms with E-state index in [1.54, 1.807) is 0 Å². The number of rotatable bonds is 2. The lowest BCUT2D eigenvalue weighted by molar-refractivity contribution is -0.154. The van der Waals surface area contributed by atoms with Crippen LogP contribution in [0.1, 0.15) is 42.4 Å². The molecule has 1 unspecified atom stereocenters. The maximum absolute atomic E-state index is 12.3. The molecule has 0 amide bonds. The minimum atomic E-state index is -0.505. The molecule has 2 rings (SSSR count). The van der Waals surface area contributed by atoms with Crippen LogP contribution in [0.15, 0.2) is 12.1 Å². The molecule has 1 heterocycles. The molecular weight excluding hydrogens is 332 g/mol. The zero-order valence-corrected chi connectivity index (χ0v) is 14.9. The van der Waals surface area contributed by atoms with Gasteiger partial charge in [0.2, 0.25) is 0 Å². The van der Waals surface area contributed by atoms with Gasteiger partial charge in [0.25, 0.3) is 0 Å². The van der Waals surface area contributed by atoms with Crippen molar-refractivity contribution in [2.24, 2.45) is 7.05 Å². The summed E-state index contributed by atoms with van der Waals surface area (Å²) in [5, 5.41) is 5.57. The highest BCUT2D eigenvalue weighted by Gasteiger charge is 2.27. The maximum atomic E-state index is 12.3. The lowest BCUT2D eigenvalue weighted by atomic mass is 10.0. The summed E-state index contributed by atoms with van der Waals surface area (Å²) in [5.41, 5.74) is 3.47. The van der Waals surface area contributed by atoms with Gasteiger partial charge in [0.15, 0.2) is 0 Å². The number of hydrogen-bond acceptors (Lipinski definition) is 3. The first-order valence-corrected chi connectivity index (χ1v) is 7.83. The summed E-state index contributed by atoms with van der Waals surface area (Å²) in [6.45, 7) is 9.63. The van der Waals surface area contributed by atoms with Crippen molar-refractivity contribution in [2.75, 3.05) is 0 Å². The molecule has 0 fully saturated rings. The zero-order valence-electron chi connectivity index (χ0n) is 13.3. The number of fused-ring (bicyclic) bond motifs is 1. The van der Waals surface area contributed by atoms with Crippen LogP contribution < -0.4 is 0 Å². The van der Waals surface area contributed by atoms with Gasteiger partial charge in [-0.05, 0) is 40.2 Å². The Morgan fingerprint density at radius 1 is 1.33 bits per heavy atom. The van der Waals surface area contributed by atoms with Crippen LogP contribution in [0.3, 0.4) is 0 Å². The van der Waals surface area contributed by atoms with Crippen molar-refractivity contribution in [2.45, 2.75) is 45.0 Å². The van der Waals surface area contributed by atoms with Crippen LogP contribution in [0.4, 0.5) is 0 Å². The number of halogens is 1. The van der Waals surface area contributed by atoms with E-state index in [9.17, 15) is 4.79 Å². The van der Waals surface area contributed by atoms with Gasteiger partial charge in [0, 0.05) is 18.0 Å². The van der Waals surface area contributed by atoms with Gasteiger partial charge in [0.1, 0.15) is 10.4 Å². The molecule has 0 radical (unpaired) electrons. The summed E-state index contributed by atoms with van der Waals surface area (Å²) in [6, 6.07) is 3.98. The van der Waals surface area contributed by atoms with Crippen molar-refractivity contribution < 1.29 is 9.53 Å². The van der Waals surface area contributed by atoms with Crippen molar-refractivity contribution in [3.63, 3.8) is 0 Å². The SMILES string of the molecule is Cc1ccc(C(Br)C(=O)OC(C)(C)C)c2c1c(C)nn2C. The van der Waals surface area contributed by atoms with Gasteiger partial charge in [0.05, 0.1) is 11.2 Å². The van der Waals surface area contributed by atoms with Crippen LogP contribution in [0.25, 0.3) is 10.9 Å². The molecule has 21 heavy (non-hydrogen) atoms. The number of ether oxygens (including phenoxy) is 1. The Morgan fingerprint density at radius 2 is 1.95 bits per heavy atom. The smallest absolute Gasteiger partial charge is 0.324 e. The van der Waals surface area contributed by atoms with Crippen molar-refractivity contribution in [3.8, 4) is 0 Å². The monoisotopic (exact) mass is 352 g/mol. The number of hydrogen-bond donors (Lipinski definition) is 0. The molecule has 1 aromatic carbocycles. The first-order chi connectivity index (χ1) is 9.61. The van der Waals surface area contributed by atoms with E-state index in [-0.39, 0.29) is 5.97 Å². The van der Waals surface area contributed by atoms with Crippen LogP contribution >= 0.6 is 15.9 Å². The summed E-state index contributed by atoms with van der Waals surface area (Å²) >= 11 is 3.48. The van der Waals surface area contributed by atoms with E-state index in [0.29, 0.717) is 0 Å². The van der Waals surface area contributed by atoms with Crippen LogP contribution in [-0.4, -0.2) is 21.4 Å². The Kier molecular flexibility index (Phi) is 4.15. The molecule has 0 aliphatic rings. The summed E-state index contributed by atoms with van der Waals surface area (Å²) in [5.74, 6) is -0.286. The fourth-order valence-corrected chi connectivity index (χ4v) is 2.99. The van der Waals surface area contributed by atoms with Gasteiger partial charge < -0.3 is 4.74 Å². The van der Waals surface area contributed by atoms with Gasteiger partial charge in [-0.1, -0.05) is 28.1 Å². The fourth-order valence-electron chi connectivity index (χ4n) is 2.52. The number of nitrogens with zero attached hydrogens (tertiary/aromatic N) is 2. The summed E-state index contributed by atoms with van der Waals surface area (Å²) in [4.78, 5) is 11.8. The lowest BCUT2D eigenvalue weighted by Crippen LogP contribution is -2.26. The molecule has 5 heteroatoms. The van der Waals surface area contributed by atoms with Gasteiger partial charge in [-0.25, -0.2) is 0 Å². The highest BCUT2D eigenvalue weighted by Crippen LogP contribution is 2.34. The van der Waals surface area contributed by atoms with E-state index >= 15 is 0 Å². The second-order valence-corrected chi connectivity index (χ2v) is 7.22. The molecule has 0 aliphatic carbocycles. The minimum Gasteiger partial charge on any atom is -0.459 e. The van der Waals surface area contributed by atoms with Gasteiger partial charge in [-0.3, -0.25) is 9.48 Å². The molecule has 114 valence electrons. The normalized spacial score (nSPS) is 13.5. The van der Waals surface area contributed by atoms with Crippen molar-refractivity contribution >= 4 is 32.8 Å². The van der Waals surface area contributed by atoms with Gasteiger partial charge in [-0.2, -0.15) is 5.10 Å². The number of benzene rings is 1. The minimum absolute atomic E-state index is 0.286. The summed E-state index contributed by atoms with van der Waals surface area (Å²) in [6.07, 6.45) is 0. The van der Waals surface area contributed by atoms with Crippen LogP contribution in [0.5, 0.6) is 0 Å². The first-order valence-electron chi connectivity index (χ1n) is 6.91. The van der Waals surface area contributed by atoms with Gasteiger partial charge >= 0.3 is 5.97 Å². The number of carbonyl (C=O) groups is 1. The highest BCUT2D eigenvalue weighted by atomic mass is 79.9. The number of aryl methyl sites for hydroxylation is 3. The molecule has 0 N–H and O–H groups in total. The van der Waals surface area contributed by atoms with Crippen molar-refractivity contribution in [3.05, 3.63) is 29.0 Å². The van der Waals surface area contributed by atoms with E-state index < -0.39 is 10.4 Å². The third-order valence-corrected chi connectivity index (χ3v) is 4.16. The Balaban J connectivity index is 2.52. The zero-order chi connectivity index (χ0) is 15.9. The lowest BCUT2D eigenvalue weighted by Gasteiger charge is -2.22. The number of esters is 1. The predicted octanol–water partition coefficient (Wildman–Crippen LogP) is 3.97. The number of alkyl halides is 1. The Bertz CT molecular complexity index is 698. The van der Waals surface area contributed by atoms with Crippen LogP contribution in [0.2, 0.25) is 0 Å². The van der Waals surface area contributed by atoms with Crippen molar-refractivity contribution in [1.82, 2.24) is 9.78 Å². The van der Waals surface area contributed by atoms with Crippen LogP contribution in [0, 0.1) is 13.8 Å². The summed E-state index contributed by atoms with van der Waals surface area (Å²) < 4.78 is 7.29. The molecular formula is C16H21BrN2O2. The molecule has 4 nitrogen and oxygen atoms in total. The predicted molar refractivity (Wildman–Crippen MR) is 87.7 cm³/mol. The second kappa shape index (κ2) is 5.44. The third kappa shape index (κ3) is 3.12. The standard InChI is InChI=1S/C16H21BrN2O2/c1-9-7-8-11(13(17)15(20)21-16(3,4)5)14-12(9)10(2)18-19(14)6/h7-8,13H,1-6H3. The molecule has 0 saturated heterocycles. The topological polar surface area (TPSA) is 44.1 Å². The Hall–Kier alpha value is -1.36. The molecule has 0 bridgehead atoms. The molecule has 2 aromatic rings. The summed E-state index contributed by atoms with van der Waals surface area (Å²) in [7, 11) is 1.90. The van der Waals surface area contributed by atoms with E-state index in [4.69, 9.17) is 4.74 Å². The molecule has 1 atom stereocenters. The average molecular weight is 353 g/mol. The van der Waals surface area contributed by atoms with E-state index in [2.05, 4.69) is 28.0 Å². The second-order valence-electron chi connectivity index (χ2n) is 6.30. The van der Waals surface area contributed by atoms with E-state index in [1.165, 1.54) is 0 Å². The Morgan fingerprint density at radius 3 is 2.52 bits per heavy atom. The van der Waals surface area contributed by atoms with E-state index in [0.717, 1.165) is 27.7 Å². The highest BCUT2D eigenvalue weighted by molar-refractivity contribution is 9.09. The molecule has 0 spiro atoms. The Labute approximate surface area is 133 Å². The van der Waals surface area contributed by atoms with Crippen LogP contribution in [-0.2, 0) is 16.6 Å². The molecule has 0 aliphatic heterocycles. The number of aromatic nitrogens is 2. The third-order valence-electron chi connectivity index (χ3n) is 3.29. The number of carbonyl (C=O) groups excluding carboxylic acids is 1. The fraction of sp³-hybridized carbons (Fsp3) is 0.500. The quantitative estimate of drug-likeness (QED) is 0.606. The average Bonchev–Trinajstić information content (AvgIpc) is 2.64. The molecule has 1 aromatic heterocycles. The molecule has 0 saturated carbocycles. The maximum Gasteiger partial charge on any atom is 0.324 e.